The molecule has 1 aliphatic heterocycles. The Morgan fingerprint density at radius 1 is 1.37 bits per heavy atom. The maximum atomic E-state index is 12.6. The van der Waals surface area contributed by atoms with E-state index in [1.165, 1.54) is 6.42 Å². The van der Waals surface area contributed by atoms with Crippen LogP contribution < -0.4 is 0 Å². The van der Waals surface area contributed by atoms with Crippen LogP contribution in [0.25, 0.3) is 0 Å². The first-order chi connectivity index (χ1) is 8.97. The molecule has 0 aromatic heterocycles. The fourth-order valence-electron chi connectivity index (χ4n) is 2.61. The van der Waals surface area contributed by atoms with Gasteiger partial charge in [0.25, 0.3) is 5.91 Å². The molecule has 1 fully saturated rings. The Balaban J connectivity index is 2.12. The quantitative estimate of drug-likeness (QED) is 0.789. The van der Waals surface area contributed by atoms with E-state index in [1.807, 2.05) is 30.0 Å². The van der Waals surface area contributed by atoms with E-state index in [1.54, 1.807) is 0 Å². The van der Waals surface area contributed by atoms with Crippen molar-refractivity contribution in [2.75, 3.05) is 13.1 Å². The lowest BCUT2D eigenvalue weighted by Crippen LogP contribution is -2.42. The lowest BCUT2D eigenvalue weighted by Gasteiger charge is -2.39. The molecule has 104 valence electrons. The van der Waals surface area contributed by atoms with E-state index in [-0.39, 0.29) is 5.91 Å². The summed E-state index contributed by atoms with van der Waals surface area (Å²) in [7, 11) is 0. The van der Waals surface area contributed by atoms with Crippen LogP contribution in [0, 0.1) is 12.3 Å². The SMILES string of the molecule is CCC1(C)CCN(C(=O)c2cccc(Br)c2C)CC1. The minimum atomic E-state index is 0.178. The van der Waals surface area contributed by atoms with Crippen molar-refractivity contribution in [2.45, 2.75) is 40.0 Å². The molecule has 3 heteroatoms. The van der Waals surface area contributed by atoms with Gasteiger partial charge >= 0.3 is 0 Å². The second-order valence-corrected chi connectivity index (χ2v) is 6.72. The van der Waals surface area contributed by atoms with E-state index in [9.17, 15) is 4.79 Å². The molecule has 19 heavy (non-hydrogen) atoms. The van der Waals surface area contributed by atoms with Gasteiger partial charge in [-0.05, 0) is 42.9 Å². The first-order valence-corrected chi connectivity index (χ1v) is 7.80. The van der Waals surface area contributed by atoms with Gasteiger partial charge in [-0.25, -0.2) is 0 Å². The lowest BCUT2D eigenvalue weighted by atomic mass is 9.78. The highest BCUT2D eigenvalue weighted by Crippen LogP contribution is 2.34. The van der Waals surface area contributed by atoms with Crippen LogP contribution in [-0.4, -0.2) is 23.9 Å². The monoisotopic (exact) mass is 323 g/mol. The van der Waals surface area contributed by atoms with Crippen LogP contribution in [0.3, 0.4) is 0 Å². The van der Waals surface area contributed by atoms with Crippen LogP contribution >= 0.6 is 15.9 Å². The molecule has 1 aromatic carbocycles. The highest BCUT2D eigenvalue weighted by Gasteiger charge is 2.31. The zero-order valence-electron chi connectivity index (χ0n) is 12.0. The number of hydrogen-bond acceptors (Lipinski definition) is 1. The Morgan fingerprint density at radius 2 is 2.00 bits per heavy atom. The van der Waals surface area contributed by atoms with Gasteiger partial charge in [0.2, 0.25) is 0 Å². The normalized spacial score (nSPS) is 18.4. The standard InChI is InChI=1S/C16H22BrNO/c1-4-16(3)8-10-18(11-9-16)15(19)13-6-5-7-14(17)12(13)2/h5-7H,4,8-11H2,1-3H3. The number of rotatable bonds is 2. The largest absolute Gasteiger partial charge is 0.339 e. The van der Waals surface area contributed by atoms with Crippen molar-refractivity contribution in [3.8, 4) is 0 Å². The summed E-state index contributed by atoms with van der Waals surface area (Å²) in [5.41, 5.74) is 2.29. The third kappa shape index (κ3) is 3.02. The highest BCUT2D eigenvalue weighted by molar-refractivity contribution is 9.10. The van der Waals surface area contributed by atoms with Crippen molar-refractivity contribution < 1.29 is 4.79 Å². The van der Waals surface area contributed by atoms with E-state index in [2.05, 4.69) is 29.8 Å². The smallest absolute Gasteiger partial charge is 0.254 e. The van der Waals surface area contributed by atoms with Gasteiger partial charge in [0.15, 0.2) is 0 Å². The molecule has 0 aliphatic carbocycles. The summed E-state index contributed by atoms with van der Waals surface area (Å²) in [6.07, 6.45) is 3.43. The van der Waals surface area contributed by atoms with Crippen LogP contribution in [0.4, 0.5) is 0 Å². The summed E-state index contributed by atoms with van der Waals surface area (Å²) in [6, 6.07) is 5.84. The van der Waals surface area contributed by atoms with Crippen molar-refractivity contribution in [3.05, 3.63) is 33.8 Å². The first-order valence-electron chi connectivity index (χ1n) is 7.01. The predicted molar refractivity (Wildman–Crippen MR) is 82.4 cm³/mol. The van der Waals surface area contributed by atoms with Gasteiger partial charge < -0.3 is 4.90 Å². The molecule has 1 aliphatic rings. The second-order valence-electron chi connectivity index (χ2n) is 5.87. The van der Waals surface area contributed by atoms with Gasteiger partial charge in [0, 0.05) is 23.1 Å². The molecule has 2 nitrogen and oxygen atoms in total. The number of benzene rings is 1. The van der Waals surface area contributed by atoms with E-state index in [4.69, 9.17) is 0 Å². The first kappa shape index (κ1) is 14.6. The fraction of sp³-hybridized carbons (Fsp3) is 0.562. The number of piperidine rings is 1. The molecule has 1 amide bonds. The molecule has 2 rings (SSSR count). The maximum Gasteiger partial charge on any atom is 0.254 e. The van der Waals surface area contributed by atoms with Gasteiger partial charge in [-0.3, -0.25) is 4.79 Å². The predicted octanol–water partition coefficient (Wildman–Crippen LogP) is 4.41. The number of halogens is 1. The Labute approximate surface area is 124 Å². The Hall–Kier alpha value is -0.830. The minimum Gasteiger partial charge on any atom is -0.339 e. The fourth-order valence-corrected chi connectivity index (χ4v) is 2.98. The molecule has 1 aromatic rings. The van der Waals surface area contributed by atoms with Crippen LogP contribution in [0.15, 0.2) is 22.7 Å². The second kappa shape index (κ2) is 5.66. The summed E-state index contributed by atoms with van der Waals surface area (Å²) in [5, 5.41) is 0. The highest BCUT2D eigenvalue weighted by atomic mass is 79.9. The van der Waals surface area contributed by atoms with Crippen LogP contribution in [0.2, 0.25) is 0 Å². The molecule has 0 saturated carbocycles. The maximum absolute atomic E-state index is 12.6. The van der Waals surface area contributed by atoms with E-state index >= 15 is 0 Å². The minimum absolute atomic E-state index is 0.178. The van der Waals surface area contributed by atoms with Crippen molar-refractivity contribution in [2.24, 2.45) is 5.41 Å². The number of carbonyl (C=O) groups excluding carboxylic acids is 1. The summed E-state index contributed by atoms with van der Waals surface area (Å²) in [6.45, 7) is 8.34. The van der Waals surface area contributed by atoms with Crippen LogP contribution in [0.1, 0.15) is 49.0 Å². The van der Waals surface area contributed by atoms with Crippen LogP contribution in [0.5, 0.6) is 0 Å². The Morgan fingerprint density at radius 3 is 2.58 bits per heavy atom. The summed E-state index contributed by atoms with van der Waals surface area (Å²) < 4.78 is 1.01. The number of hydrogen-bond donors (Lipinski definition) is 0. The molecule has 1 heterocycles. The number of likely N-dealkylation sites (tertiary alicyclic amines) is 1. The lowest BCUT2D eigenvalue weighted by molar-refractivity contribution is 0.0599. The summed E-state index contributed by atoms with van der Waals surface area (Å²) >= 11 is 3.50. The van der Waals surface area contributed by atoms with E-state index < -0.39 is 0 Å². The number of amides is 1. The zero-order valence-corrected chi connectivity index (χ0v) is 13.6. The third-order valence-corrected chi connectivity index (χ3v) is 5.47. The molecule has 1 saturated heterocycles. The molecule has 0 radical (unpaired) electrons. The molecule has 0 atom stereocenters. The van der Waals surface area contributed by atoms with Gasteiger partial charge in [-0.2, -0.15) is 0 Å². The van der Waals surface area contributed by atoms with E-state index in [0.29, 0.717) is 5.41 Å². The third-order valence-electron chi connectivity index (χ3n) is 4.61. The summed E-state index contributed by atoms with van der Waals surface area (Å²) in [5.74, 6) is 0.178. The molecular formula is C16H22BrNO. The van der Waals surface area contributed by atoms with Crippen LogP contribution in [-0.2, 0) is 0 Å². The molecule has 0 N–H and O–H groups in total. The van der Waals surface area contributed by atoms with Gasteiger partial charge in [0.05, 0.1) is 0 Å². The number of nitrogens with zero attached hydrogens (tertiary/aromatic N) is 1. The zero-order chi connectivity index (χ0) is 14.0. The van der Waals surface area contributed by atoms with Crippen molar-refractivity contribution in [3.63, 3.8) is 0 Å². The molecule has 0 spiro atoms. The van der Waals surface area contributed by atoms with Crippen molar-refractivity contribution >= 4 is 21.8 Å². The average Bonchev–Trinajstić information content (AvgIpc) is 2.42. The van der Waals surface area contributed by atoms with Crippen molar-refractivity contribution in [1.29, 1.82) is 0 Å². The van der Waals surface area contributed by atoms with Gasteiger partial charge in [-0.15, -0.1) is 0 Å². The topological polar surface area (TPSA) is 20.3 Å². The van der Waals surface area contributed by atoms with Gasteiger partial charge in [-0.1, -0.05) is 42.3 Å². The number of carbonyl (C=O) groups is 1. The van der Waals surface area contributed by atoms with Gasteiger partial charge in [0.1, 0.15) is 0 Å². The Kier molecular flexibility index (Phi) is 4.34. The van der Waals surface area contributed by atoms with E-state index in [0.717, 1.165) is 41.5 Å². The average molecular weight is 324 g/mol. The summed E-state index contributed by atoms with van der Waals surface area (Å²) in [4.78, 5) is 14.6. The molecule has 0 unspecified atom stereocenters. The van der Waals surface area contributed by atoms with Crippen molar-refractivity contribution in [1.82, 2.24) is 4.90 Å². The molecular weight excluding hydrogens is 302 g/mol. The molecule has 0 bridgehead atoms. The Bertz CT molecular complexity index is 476.